The van der Waals surface area contributed by atoms with E-state index in [1.54, 1.807) is 0 Å². The zero-order valence-electron chi connectivity index (χ0n) is 32.0. The Morgan fingerprint density at radius 1 is 0.422 bits per heavy atom. The topological polar surface area (TPSA) is 38.7 Å². The van der Waals surface area contributed by atoms with Crippen LogP contribution in [0.2, 0.25) is 0 Å². The average molecular weight is 622 g/mol. The van der Waals surface area contributed by atoms with Crippen molar-refractivity contribution in [3.8, 4) is 0 Å². The molecule has 0 aromatic carbocycles. The number of rotatable bonds is 15. The maximum absolute atomic E-state index is 4.42. The summed E-state index contributed by atoms with van der Waals surface area (Å²) in [5.74, 6) is 2.15. The van der Waals surface area contributed by atoms with Gasteiger partial charge in [-0.05, 0) is 91.8 Å². The molecule has 0 spiro atoms. The molecule has 0 aliphatic rings. The zero-order chi connectivity index (χ0) is 34.6. The van der Waals surface area contributed by atoms with Gasteiger partial charge in [0.2, 0.25) is 0 Å². The van der Waals surface area contributed by atoms with E-state index in [-0.39, 0.29) is 0 Å². The molecule has 0 aliphatic carbocycles. The summed E-state index contributed by atoms with van der Waals surface area (Å²) in [6.45, 7) is 25.5. The minimum Gasteiger partial charge on any atom is -0.265 e. The van der Waals surface area contributed by atoms with Crippen LogP contribution in [0.4, 0.5) is 0 Å². The van der Waals surface area contributed by atoms with Crippen LogP contribution < -0.4 is 0 Å². The van der Waals surface area contributed by atoms with Crippen LogP contribution in [0.25, 0.3) is 0 Å². The Hall–Kier alpha value is -2.55. The molecule has 3 aromatic heterocycles. The van der Waals surface area contributed by atoms with Crippen LogP contribution in [0.3, 0.4) is 0 Å². The zero-order valence-corrected chi connectivity index (χ0v) is 32.0. The lowest BCUT2D eigenvalue weighted by molar-refractivity contribution is 0.548. The Bertz CT molecular complexity index is 759. The Labute approximate surface area is 282 Å². The third-order valence-corrected chi connectivity index (χ3v) is 7.26. The lowest BCUT2D eigenvalue weighted by atomic mass is 9.91. The molecule has 45 heavy (non-hydrogen) atoms. The summed E-state index contributed by atoms with van der Waals surface area (Å²) in [4.78, 5) is 12.6. The van der Waals surface area contributed by atoms with Crippen LogP contribution >= 0.6 is 0 Å². The second-order valence-corrected chi connectivity index (χ2v) is 10.6. The smallest absolute Gasteiger partial charge is 0.0434 e. The van der Waals surface area contributed by atoms with Crippen LogP contribution in [0.5, 0.6) is 0 Å². The van der Waals surface area contributed by atoms with Gasteiger partial charge in [0.1, 0.15) is 0 Å². The molecule has 0 bridgehead atoms. The molecule has 0 saturated carbocycles. The Morgan fingerprint density at radius 2 is 0.867 bits per heavy atom. The maximum atomic E-state index is 4.42. The SMILES string of the molecule is CC.CC.CC.CCCC(CCC)c1ccccn1.CCCC(CCC)c1cccnc1.CCCC(CCC)c1ccncc1. The van der Waals surface area contributed by atoms with E-state index in [2.05, 4.69) is 86.8 Å². The Morgan fingerprint density at radius 3 is 1.24 bits per heavy atom. The fourth-order valence-electron chi connectivity index (χ4n) is 5.36. The lowest BCUT2D eigenvalue weighted by Gasteiger charge is -2.14. The van der Waals surface area contributed by atoms with Gasteiger partial charge in [0, 0.05) is 42.6 Å². The highest BCUT2D eigenvalue weighted by Crippen LogP contribution is 2.26. The van der Waals surface area contributed by atoms with E-state index in [0.717, 1.165) is 11.8 Å². The third-order valence-electron chi connectivity index (χ3n) is 7.26. The standard InChI is InChI=1S/3C12H19N.3C2H6/c1-3-7-11(8-4-2)12-9-5-6-10-13-12;1-3-6-11(7-4-2)12-8-5-9-13-10-12;1-3-5-11(6-4-2)12-7-9-13-10-8-12;3*1-2/h5-6,9-11H,3-4,7-8H2,1-2H3;5,8-11H,3-4,6-7H2,1-2H3;7-11H,3-6H2,1-2H3;3*1-2H3. The molecule has 3 nitrogen and oxygen atoms in total. The first kappa shape index (κ1) is 46.9. The second kappa shape index (κ2) is 37.6. The van der Waals surface area contributed by atoms with E-state index in [1.165, 1.54) is 93.9 Å². The minimum atomic E-state index is 0.677. The van der Waals surface area contributed by atoms with E-state index in [1.807, 2.05) is 84.7 Å². The summed E-state index contributed by atoms with van der Waals surface area (Å²) in [6.07, 6.45) is 24.8. The van der Waals surface area contributed by atoms with Crippen molar-refractivity contribution in [3.63, 3.8) is 0 Å². The van der Waals surface area contributed by atoms with Gasteiger partial charge in [0.05, 0.1) is 0 Å². The summed E-state index contributed by atoms with van der Waals surface area (Å²) in [7, 11) is 0. The number of nitrogens with zero attached hydrogens (tertiary/aromatic N) is 3. The van der Waals surface area contributed by atoms with Gasteiger partial charge >= 0.3 is 0 Å². The van der Waals surface area contributed by atoms with Gasteiger partial charge in [-0.2, -0.15) is 0 Å². The number of hydrogen-bond donors (Lipinski definition) is 0. The van der Waals surface area contributed by atoms with Gasteiger partial charge in [-0.25, -0.2) is 0 Å². The molecular formula is C42H75N3. The Balaban J connectivity index is -0.000000541. The average Bonchev–Trinajstić information content (AvgIpc) is 3.12. The van der Waals surface area contributed by atoms with Crippen molar-refractivity contribution in [1.82, 2.24) is 15.0 Å². The molecule has 3 rings (SSSR count). The second-order valence-electron chi connectivity index (χ2n) is 10.6. The molecule has 0 saturated heterocycles. The quantitative estimate of drug-likeness (QED) is 0.169. The molecular weight excluding hydrogens is 546 g/mol. The number of pyridine rings is 3. The lowest BCUT2D eigenvalue weighted by Crippen LogP contribution is -2.00. The molecule has 3 heterocycles. The fourth-order valence-corrected chi connectivity index (χ4v) is 5.36. The van der Waals surface area contributed by atoms with Crippen molar-refractivity contribution < 1.29 is 0 Å². The summed E-state index contributed by atoms with van der Waals surface area (Å²) in [5.41, 5.74) is 4.14. The van der Waals surface area contributed by atoms with Gasteiger partial charge < -0.3 is 0 Å². The molecule has 0 atom stereocenters. The molecule has 0 fully saturated rings. The summed E-state index contributed by atoms with van der Waals surface area (Å²) in [6, 6.07) is 14.7. The van der Waals surface area contributed by atoms with Gasteiger partial charge in [-0.1, -0.05) is 134 Å². The van der Waals surface area contributed by atoms with Crippen molar-refractivity contribution in [1.29, 1.82) is 0 Å². The van der Waals surface area contributed by atoms with Crippen LogP contribution in [-0.4, -0.2) is 15.0 Å². The first-order valence-corrected chi connectivity index (χ1v) is 18.8. The summed E-state index contributed by atoms with van der Waals surface area (Å²) < 4.78 is 0. The van der Waals surface area contributed by atoms with Crippen LogP contribution in [0.15, 0.2) is 73.4 Å². The van der Waals surface area contributed by atoms with E-state index >= 15 is 0 Å². The first-order chi connectivity index (χ1) is 22.1. The first-order valence-electron chi connectivity index (χ1n) is 18.8. The van der Waals surface area contributed by atoms with E-state index < -0.39 is 0 Å². The van der Waals surface area contributed by atoms with Crippen LogP contribution in [0.1, 0.15) is 195 Å². The molecule has 3 aromatic rings. The highest BCUT2D eigenvalue weighted by Gasteiger charge is 2.10. The van der Waals surface area contributed by atoms with Crippen molar-refractivity contribution >= 4 is 0 Å². The maximum Gasteiger partial charge on any atom is 0.0434 e. The van der Waals surface area contributed by atoms with E-state index in [0.29, 0.717) is 5.92 Å². The van der Waals surface area contributed by atoms with Crippen molar-refractivity contribution in [2.24, 2.45) is 0 Å². The minimum absolute atomic E-state index is 0.677. The molecule has 3 heteroatoms. The fraction of sp³-hybridized carbons (Fsp3) is 0.643. The van der Waals surface area contributed by atoms with E-state index in [9.17, 15) is 0 Å². The van der Waals surface area contributed by atoms with Crippen molar-refractivity contribution in [3.05, 3.63) is 90.3 Å². The van der Waals surface area contributed by atoms with Gasteiger partial charge in [0.15, 0.2) is 0 Å². The normalized spacial score (nSPS) is 9.67. The molecule has 0 amide bonds. The Kier molecular flexibility index (Phi) is 39.2. The predicted molar refractivity (Wildman–Crippen MR) is 204 cm³/mol. The van der Waals surface area contributed by atoms with Gasteiger partial charge in [-0.15, -0.1) is 0 Å². The molecule has 0 aliphatic heterocycles. The third kappa shape index (κ3) is 24.4. The van der Waals surface area contributed by atoms with Gasteiger partial charge in [0.25, 0.3) is 0 Å². The number of aromatic nitrogens is 3. The van der Waals surface area contributed by atoms with Crippen LogP contribution in [-0.2, 0) is 0 Å². The van der Waals surface area contributed by atoms with Crippen molar-refractivity contribution in [2.45, 2.75) is 178 Å². The molecule has 0 unspecified atom stereocenters. The van der Waals surface area contributed by atoms with Crippen LogP contribution in [0, 0.1) is 0 Å². The molecule has 0 N–H and O–H groups in total. The highest BCUT2D eigenvalue weighted by molar-refractivity contribution is 5.16. The highest BCUT2D eigenvalue weighted by atomic mass is 14.7. The van der Waals surface area contributed by atoms with Gasteiger partial charge in [-0.3, -0.25) is 15.0 Å². The monoisotopic (exact) mass is 622 g/mol. The largest absolute Gasteiger partial charge is 0.265 e. The van der Waals surface area contributed by atoms with Crippen molar-refractivity contribution in [2.75, 3.05) is 0 Å². The van der Waals surface area contributed by atoms with E-state index in [4.69, 9.17) is 0 Å². The predicted octanol–water partition coefficient (Wildman–Crippen LogP) is 14.4. The summed E-state index contributed by atoms with van der Waals surface area (Å²) >= 11 is 0. The number of hydrogen-bond acceptors (Lipinski definition) is 3. The summed E-state index contributed by atoms with van der Waals surface area (Å²) in [5, 5.41) is 0. The molecule has 0 radical (unpaired) electrons. The molecule has 258 valence electrons.